The maximum absolute atomic E-state index is 12.2. The van der Waals surface area contributed by atoms with Crippen LogP contribution in [0.2, 0.25) is 0 Å². The van der Waals surface area contributed by atoms with Gasteiger partial charge in [0.2, 0.25) is 11.6 Å². The molecule has 0 bridgehead atoms. The summed E-state index contributed by atoms with van der Waals surface area (Å²) in [4.78, 5) is 24.0. The summed E-state index contributed by atoms with van der Waals surface area (Å²) in [5.41, 5.74) is 1.10. The number of allylic oxidation sites excluding steroid dienone is 4. The Morgan fingerprint density at radius 2 is 2.21 bits per heavy atom. The van der Waals surface area contributed by atoms with Crippen LogP contribution < -0.4 is 0 Å². The highest BCUT2D eigenvalue weighted by molar-refractivity contribution is 6.43. The first-order valence-corrected chi connectivity index (χ1v) is 6.20. The van der Waals surface area contributed by atoms with Crippen LogP contribution in [0.5, 0.6) is 0 Å². The number of Topliss-reactive ketones (excluding diaryl/α,β-unsaturated/α-hetero) is 1. The van der Waals surface area contributed by atoms with Gasteiger partial charge in [-0.1, -0.05) is 12.2 Å². The maximum atomic E-state index is 12.2. The largest absolute Gasteiger partial charge is 0.493 e. The van der Waals surface area contributed by atoms with Gasteiger partial charge in [0.05, 0.1) is 23.3 Å². The van der Waals surface area contributed by atoms with Crippen molar-refractivity contribution in [3.63, 3.8) is 0 Å². The van der Waals surface area contributed by atoms with Crippen molar-refractivity contribution in [2.45, 2.75) is 13.8 Å². The summed E-state index contributed by atoms with van der Waals surface area (Å²) in [5.74, 6) is -1.47. The molecule has 3 aliphatic rings. The van der Waals surface area contributed by atoms with Crippen molar-refractivity contribution in [3.05, 3.63) is 35.1 Å². The summed E-state index contributed by atoms with van der Waals surface area (Å²) in [5, 5.41) is 9.38. The van der Waals surface area contributed by atoms with Gasteiger partial charge in [0.15, 0.2) is 0 Å². The molecule has 4 heteroatoms. The van der Waals surface area contributed by atoms with E-state index in [1.54, 1.807) is 13.0 Å². The molecule has 3 atom stereocenters. The highest BCUT2D eigenvalue weighted by Crippen LogP contribution is 2.50. The molecular weight excluding hydrogens is 242 g/mol. The molecule has 0 spiro atoms. The third-order valence-electron chi connectivity index (χ3n) is 4.22. The van der Waals surface area contributed by atoms with E-state index in [2.05, 4.69) is 6.07 Å². The van der Waals surface area contributed by atoms with E-state index < -0.39 is 22.9 Å². The molecule has 0 amide bonds. The van der Waals surface area contributed by atoms with Crippen LogP contribution in [0.1, 0.15) is 13.8 Å². The monoisotopic (exact) mass is 255 g/mol. The molecule has 0 aromatic carbocycles. The Bertz CT molecular complexity index is 632. The highest BCUT2D eigenvalue weighted by Gasteiger charge is 2.53. The molecule has 0 fully saturated rings. The molecule has 96 valence electrons. The molecule has 19 heavy (non-hydrogen) atoms. The summed E-state index contributed by atoms with van der Waals surface area (Å²) in [6.45, 7) is 4.08. The molecule has 0 radical (unpaired) electrons. The van der Waals surface area contributed by atoms with Gasteiger partial charge in [0.25, 0.3) is 0 Å². The fraction of sp³-hybridized carbons (Fsp3) is 0.400. The van der Waals surface area contributed by atoms with Crippen molar-refractivity contribution in [2.75, 3.05) is 6.61 Å². The number of carbonyl (C=O) groups excluding carboxylic acids is 2. The summed E-state index contributed by atoms with van der Waals surface area (Å²) in [7, 11) is 0. The van der Waals surface area contributed by atoms with Crippen molar-refractivity contribution < 1.29 is 14.3 Å². The summed E-state index contributed by atoms with van der Waals surface area (Å²) >= 11 is 0. The van der Waals surface area contributed by atoms with Crippen LogP contribution in [0, 0.1) is 28.6 Å². The fourth-order valence-electron chi connectivity index (χ4n) is 3.10. The van der Waals surface area contributed by atoms with Crippen LogP contribution in [-0.4, -0.2) is 18.2 Å². The second kappa shape index (κ2) is 3.67. The molecule has 0 aromatic rings. The smallest absolute Gasteiger partial charge is 0.225 e. The predicted octanol–water partition coefficient (Wildman–Crippen LogP) is 1.70. The van der Waals surface area contributed by atoms with Crippen molar-refractivity contribution in [2.24, 2.45) is 17.3 Å². The van der Waals surface area contributed by atoms with E-state index in [1.807, 2.05) is 13.0 Å². The summed E-state index contributed by atoms with van der Waals surface area (Å²) in [6, 6.07) is 2.17. The zero-order valence-electron chi connectivity index (χ0n) is 10.8. The quantitative estimate of drug-likeness (QED) is 0.618. The fourth-order valence-corrected chi connectivity index (χ4v) is 3.10. The predicted molar refractivity (Wildman–Crippen MR) is 66.6 cm³/mol. The number of nitrogens with zero attached hydrogens (tertiary/aromatic N) is 1. The van der Waals surface area contributed by atoms with E-state index in [4.69, 9.17) is 4.74 Å². The first kappa shape index (κ1) is 11.9. The van der Waals surface area contributed by atoms with Gasteiger partial charge in [-0.25, -0.2) is 0 Å². The molecule has 4 nitrogen and oxygen atoms in total. The minimum atomic E-state index is -0.957. The van der Waals surface area contributed by atoms with Crippen molar-refractivity contribution >= 4 is 11.6 Å². The van der Waals surface area contributed by atoms with E-state index >= 15 is 0 Å². The normalized spacial score (nSPS) is 36.4. The first-order valence-electron chi connectivity index (χ1n) is 6.20. The number of ketones is 2. The SMILES string of the molecule is CC1=C2C=CC(C)(C#N)C3C(=O)C(=O)C=C(OC1)C23. The lowest BCUT2D eigenvalue weighted by molar-refractivity contribution is -0.140. The van der Waals surface area contributed by atoms with Crippen molar-refractivity contribution in [1.82, 2.24) is 0 Å². The van der Waals surface area contributed by atoms with Gasteiger partial charge < -0.3 is 4.74 Å². The van der Waals surface area contributed by atoms with Crippen molar-refractivity contribution in [1.29, 1.82) is 5.26 Å². The second-order valence-electron chi connectivity index (χ2n) is 5.48. The maximum Gasteiger partial charge on any atom is 0.225 e. The lowest BCUT2D eigenvalue weighted by Crippen LogP contribution is -2.47. The standard InChI is InChI=1S/C15H13NO3/c1-8-6-19-11-5-10(17)14(18)13-12(11)9(8)3-4-15(13,2)7-16/h3-5,12-13H,6H2,1-2H3. The minimum absolute atomic E-state index is 0.284. The number of carbonyl (C=O) groups is 2. The summed E-state index contributed by atoms with van der Waals surface area (Å²) < 4.78 is 5.57. The van der Waals surface area contributed by atoms with E-state index in [9.17, 15) is 14.9 Å². The number of nitriles is 1. The Morgan fingerprint density at radius 3 is 2.89 bits per heavy atom. The molecule has 0 aromatic heterocycles. The number of rotatable bonds is 0. The topological polar surface area (TPSA) is 67.2 Å². The lowest BCUT2D eigenvalue weighted by Gasteiger charge is -2.43. The van der Waals surface area contributed by atoms with E-state index in [-0.39, 0.29) is 5.92 Å². The van der Waals surface area contributed by atoms with Gasteiger partial charge in [0.1, 0.15) is 12.4 Å². The van der Waals surface area contributed by atoms with Crippen LogP contribution >= 0.6 is 0 Å². The summed E-state index contributed by atoms with van der Waals surface area (Å²) in [6.07, 6.45) is 4.93. The molecular formula is C15H13NO3. The van der Waals surface area contributed by atoms with Crippen LogP contribution in [-0.2, 0) is 14.3 Å². The first-order chi connectivity index (χ1) is 8.98. The van der Waals surface area contributed by atoms with Gasteiger partial charge in [-0.15, -0.1) is 0 Å². The molecule has 1 heterocycles. The molecule has 3 rings (SSSR count). The van der Waals surface area contributed by atoms with E-state index in [1.165, 1.54) is 6.08 Å². The van der Waals surface area contributed by atoms with Gasteiger partial charge in [-0.2, -0.15) is 5.26 Å². The van der Waals surface area contributed by atoms with Crippen LogP contribution in [0.3, 0.4) is 0 Å². The Balaban J connectivity index is 2.28. The van der Waals surface area contributed by atoms with Crippen molar-refractivity contribution in [3.8, 4) is 6.07 Å². The third-order valence-corrected chi connectivity index (χ3v) is 4.22. The second-order valence-corrected chi connectivity index (χ2v) is 5.48. The van der Waals surface area contributed by atoms with Crippen LogP contribution in [0.25, 0.3) is 0 Å². The highest BCUT2D eigenvalue weighted by atomic mass is 16.5. The number of ether oxygens (including phenoxy) is 1. The Kier molecular flexibility index (Phi) is 2.30. The average molecular weight is 255 g/mol. The molecule has 2 aliphatic carbocycles. The Hall–Kier alpha value is -2.15. The molecule has 0 saturated heterocycles. The zero-order chi connectivity index (χ0) is 13.8. The Morgan fingerprint density at radius 1 is 1.47 bits per heavy atom. The molecule has 3 unspecified atom stereocenters. The lowest BCUT2D eigenvalue weighted by atomic mass is 9.59. The van der Waals surface area contributed by atoms with E-state index in [0.717, 1.165) is 11.1 Å². The van der Waals surface area contributed by atoms with E-state index in [0.29, 0.717) is 12.4 Å². The van der Waals surface area contributed by atoms with Gasteiger partial charge >= 0.3 is 0 Å². The number of hydrogen-bond donors (Lipinski definition) is 0. The third kappa shape index (κ3) is 1.45. The zero-order valence-corrected chi connectivity index (χ0v) is 10.8. The minimum Gasteiger partial charge on any atom is -0.493 e. The molecule has 0 N–H and O–H groups in total. The van der Waals surface area contributed by atoms with Crippen LogP contribution in [0.15, 0.2) is 35.1 Å². The molecule has 1 aliphatic heterocycles. The average Bonchev–Trinajstić information content (AvgIpc) is 2.40. The Labute approximate surface area is 111 Å². The van der Waals surface area contributed by atoms with Gasteiger partial charge in [-0.3, -0.25) is 9.59 Å². The molecule has 0 saturated carbocycles. The number of hydrogen-bond acceptors (Lipinski definition) is 4. The van der Waals surface area contributed by atoms with Gasteiger partial charge in [0, 0.05) is 6.08 Å². The van der Waals surface area contributed by atoms with Gasteiger partial charge in [-0.05, 0) is 25.0 Å². The van der Waals surface area contributed by atoms with Crippen LogP contribution in [0.4, 0.5) is 0 Å².